The second-order valence-electron chi connectivity index (χ2n) is 7.74. The Morgan fingerprint density at radius 1 is 1.28 bits per heavy atom. The molecule has 0 saturated carbocycles. The van der Waals surface area contributed by atoms with E-state index in [2.05, 4.69) is 10.6 Å². The van der Waals surface area contributed by atoms with Gasteiger partial charge in [-0.15, -0.1) is 0 Å². The van der Waals surface area contributed by atoms with Crippen LogP contribution in [-0.2, 0) is 11.3 Å². The summed E-state index contributed by atoms with van der Waals surface area (Å²) >= 11 is 7.65. The van der Waals surface area contributed by atoms with E-state index in [1.807, 2.05) is 41.2 Å². The molecular weight excluding hydrogens is 446 g/mol. The van der Waals surface area contributed by atoms with Crippen molar-refractivity contribution in [2.45, 2.75) is 18.7 Å². The van der Waals surface area contributed by atoms with E-state index in [9.17, 15) is 9.59 Å². The second-order valence-corrected chi connectivity index (χ2v) is 9.09. The number of hydrogen-bond acceptors (Lipinski definition) is 5. The molecule has 6 nitrogen and oxygen atoms in total. The highest BCUT2D eigenvalue weighted by Gasteiger charge is 2.28. The van der Waals surface area contributed by atoms with E-state index in [0.717, 1.165) is 29.9 Å². The number of ether oxygens (including phenoxy) is 1. The summed E-state index contributed by atoms with van der Waals surface area (Å²) in [5, 5.41) is 7.42. The van der Waals surface area contributed by atoms with Crippen molar-refractivity contribution >= 4 is 40.2 Å². The first-order valence-corrected chi connectivity index (χ1v) is 12.3. The summed E-state index contributed by atoms with van der Waals surface area (Å²) in [6, 6.07) is 14.7. The third-order valence-corrected chi connectivity index (χ3v) is 6.56. The van der Waals surface area contributed by atoms with Crippen LogP contribution in [0.2, 0.25) is 5.02 Å². The topological polar surface area (TPSA) is 72.4 Å². The van der Waals surface area contributed by atoms with Crippen molar-refractivity contribution in [3.8, 4) is 0 Å². The molecule has 3 aromatic rings. The number of morpholine rings is 1. The first-order chi connectivity index (χ1) is 15.6. The number of para-hydroxylation sites is 1. The molecule has 168 valence electrons. The largest absolute Gasteiger partial charge is 0.373 e. The number of carbonyl (C=O) groups excluding carboxylic acids is 1. The maximum atomic E-state index is 13.2. The minimum Gasteiger partial charge on any atom is -0.373 e. The van der Waals surface area contributed by atoms with Gasteiger partial charge in [0.25, 0.3) is 5.91 Å². The molecule has 1 amide bonds. The van der Waals surface area contributed by atoms with Gasteiger partial charge in [-0.2, -0.15) is 11.8 Å². The van der Waals surface area contributed by atoms with Gasteiger partial charge >= 0.3 is 0 Å². The molecular formula is C24H26ClN3O3S. The lowest BCUT2D eigenvalue weighted by atomic mass is 10.1. The molecule has 32 heavy (non-hydrogen) atoms. The molecule has 8 heteroatoms. The number of nitrogens with zero attached hydrogens (tertiary/aromatic N) is 1. The molecule has 0 radical (unpaired) electrons. The van der Waals surface area contributed by atoms with Gasteiger partial charge in [0.15, 0.2) is 0 Å². The highest BCUT2D eigenvalue weighted by molar-refractivity contribution is 7.98. The first kappa shape index (κ1) is 22.9. The zero-order chi connectivity index (χ0) is 22.5. The molecule has 1 fully saturated rings. The number of halogens is 1. The number of nitrogens with one attached hydrogen (secondary N) is 2. The maximum absolute atomic E-state index is 13.2. The number of thioether (sulfide) groups is 1. The van der Waals surface area contributed by atoms with Gasteiger partial charge in [-0.3, -0.25) is 9.59 Å². The smallest absolute Gasteiger partial charge is 0.257 e. The van der Waals surface area contributed by atoms with E-state index < -0.39 is 5.91 Å². The van der Waals surface area contributed by atoms with Crippen LogP contribution in [0.5, 0.6) is 0 Å². The van der Waals surface area contributed by atoms with Gasteiger partial charge in [-0.1, -0.05) is 35.9 Å². The Morgan fingerprint density at radius 3 is 2.78 bits per heavy atom. The normalized spacial score (nSPS) is 17.2. The zero-order valence-electron chi connectivity index (χ0n) is 17.8. The molecule has 0 aliphatic carbocycles. The molecule has 1 aromatic heterocycles. The SMILES string of the molecule is CSCC(C1CNCCO1)n1cc(C(=O)NCc2ccc(Cl)cc2)c(=O)c2ccccc21. The average molecular weight is 472 g/mol. The lowest BCUT2D eigenvalue weighted by Gasteiger charge is -2.33. The number of carbonyl (C=O) groups is 1. The first-order valence-electron chi connectivity index (χ1n) is 10.6. The highest BCUT2D eigenvalue weighted by Crippen LogP contribution is 2.25. The lowest BCUT2D eigenvalue weighted by Crippen LogP contribution is -2.44. The number of rotatable bonds is 7. The number of fused-ring (bicyclic) bond motifs is 1. The van der Waals surface area contributed by atoms with Crippen LogP contribution >= 0.6 is 23.4 Å². The van der Waals surface area contributed by atoms with Crippen molar-refractivity contribution in [3.63, 3.8) is 0 Å². The van der Waals surface area contributed by atoms with E-state index in [1.165, 1.54) is 0 Å². The zero-order valence-corrected chi connectivity index (χ0v) is 19.4. The van der Waals surface area contributed by atoms with E-state index in [-0.39, 0.29) is 23.1 Å². The molecule has 4 rings (SSSR count). The Hall–Kier alpha value is -2.32. The van der Waals surface area contributed by atoms with Crippen molar-refractivity contribution < 1.29 is 9.53 Å². The van der Waals surface area contributed by atoms with E-state index >= 15 is 0 Å². The van der Waals surface area contributed by atoms with Crippen molar-refractivity contribution in [3.05, 3.63) is 81.1 Å². The summed E-state index contributed by atoms with van der Waals surface area (Å²) in [6.07, 6.45) is 3.70. The van der Waals surface area contributed by atoms with Crippen LogP contribution in [0, 0.1) is 0 Å². The number of pyridine rings is 1. The molecule has 2 heterocycles. The third-order valence-electron chi connectivity index (χ3n) is 5.63. The Labute approximate surface area is 196 Å². The van der Waals surface area contributed by atoms with Crippen LogP contribution in [0.4, 0.5) is 0 Å². The molecule has 0 spiro atoms. The average Bonchev–Trinajstić information content (AvgIpc) is 2.83. The molecule has 2 atom stereocenters. The fourth-order valence-electron chi connectivity index (χ4n) is 3.99. The van der Waals surface area contributed by atoms with Gasteiger partial charge in [0, 0.05) is 42.0 Å². The number of hydrogen-bond donors (Lipinski definition) is 2. The van der Waals surface area contributed by atoms with Gasteiger partial charge in [-0.25, -0.2) is 0 Å². The van der Waals surface area contributed by atoms with Crippen LogP contribution in [0.25, 0.3) is 10.9 Å². The monoisotopic (exact) mass is 471 g/mol. The van der Waals surface area contributed by atoms with Crippen LogP contribution < -0.4 is 16.1 Å². The van der Waals surface area contributed by atoms with Crippen molar-refractivity contribution in [1.82, 2.24) is 15.2 Å². The van der Waals surface area contributed by atoms with Crippen molar-refractivity contribution in [2.24, 2.45) is 0 Å². The minimum atomic E-state index is -0.393. The molecule has 1 aliphatic rings. The summed E-state index contributed by atoms with van der Waals surface area (Å²) in [5.74, 6) is 0.403. The molecule has 2 N–H and O–H groups in total. The van der Waals surface area contributed by atoms with Crippen LogP contribution in [-0.4, -0.2) is 48.3 Å². The predicted octanol–water partition coefficient (Wildman–Crippen LogP) is 3.48. The van der Waals surface area contributed by atoms with Crippen LogP contribution in [0.3, 0.4) is 0 Å². The fourth-order valence-corrected chi connectivity index (χ4v) is 4.83. The molecule has 1 saturated heterocycles. The van der Waals surface area contributed by atoms with Gasteiger partial charge < -0.3 is 19.9 Å². The number of aromatic nitrogens is 1. The van der Waals surface area contributed by atoms with Crippen molar-refractivity contribution in [1.29, 1.82) is 0 Å². The predicted molar refractivity (Wildman–Crippen MR) is 131 cm³/mol. The number of amides is 1. The van der Waals surface area contributed by atoms with Gasteiger partial charge in [0.2, 0.25) is 5.43 Å². The van der Waals surface area contributed by atoms with Crippen LogP contribution in [0.15, 0.2) is 59.5 Å². The van der Waals surface area contributed by atoms with Gasteiger partial charge in [-0.05, 0) is 36.1 Å². The van der Waals surface area contributed by atoms with E-state index in [1.54, 1.807) is 36.2 Å². The summed E-state index contributed by atoms with van der Waals surface area (Å²) in [4.78, 5) is 26.3. The van der Waals surface area contributed by atoms with E-state index in [0.29, 0.717) is 23.6 Å². The Kier molecular flexibility index (Phi) is 7.52. The molecule has 2 aromatic carbocycles. The maximum Gasteiger partial charge on any atom is 0.257 e. The molecule has 2 unspecified atom stereocenters. The summed E-state index contributed by atoms with van der Waals surface area (Å²) in [5.41, 5.74) is 1.58. The van der Waals surface area contributed by atoms with Gasteiger partial charge in [0.05, 0.1) is 24.3 Å². The Balaban J connectivity index is 1.71. The minimum absolute atomic E-state index is 0.0221. The molecule has 1 aliphatic heterocycles. The number of benzene rings is 2. The van der Waals surface area contributed by atoms with Crippen LogP contribution in [0.1, 0.15) is 22.0 Å². The standard InChI is InChI=1S/C24H26ClN3O3S/c1-32-15-21(22-13-26-10-11-31-22)28-14-19(23(29)18-4-2-3-5-20(18)28)24(30)27-12-16-6-8-17(25)9-7-16/h2-9,14,21-22,26H,10-13,15H2,1H3,(H,27,30). The van der Waals surface area contributed by atoms with Crippen molar-refractivity contribution in [2.75, 3.05) is 31.7 Å². The highest BCUT2D eigenvalue weighted by atomic mass is 35.5. The van der Waals surface area contributed by atoms with E-state index in [4.69, 9.17) is 16.3 Å². The fraction of sp³-hybridized carbons (Fsp3) is 0.333. The molecule has 0 bridgehead atoms. The summed E-state index contributed by atoms with van der Waals surface area (Å²) in [7, 11) is 0. The van der Waals surface area contributed by atoms with Gasteiger partial charge in [0.1, 0.15) is 5.56 Å². The third kappa shape index (κ3) is 5.02. The Bertz CT molecular complexity index is 1140. The second kappa shape index (κ2) is 10.5. The quantitative estimate of drug-likeness (QED) is 0.552. The summed E-state index contributed by atoms with van der Waals surface area (Å²) in [6.45, 7) is 2.50. The summed E-state index contributed by atoms with van der Waals surface area (Å²) < 4.78 is 8.10. The Morgan fingerprint density at radius 2 is 2.06 bits per heavy atom. The lowest BCUT2D eigenvalue weighted by molar-refractivity contribution is 0.00162.